The normalized spacial score (nSPS) is 14.2. The fourth-order valence-corrected chi connectivity index (χ4v) is 11.2. The molecule has 492 valence electrons. The molecule has 0 fully saturated rings. The summed E-state index contributed by atoms with van der Waals surface area (Å²) in [4.78, 5) is 71.8. The highest BCUT2D eigenvalue weighted by Crippen LogP contribution is 2.45. The molecule has 0 aliphatic rings. The van der Waals surface area contributed by atoms with Gasteiger partial charge in [0, 0.05) is 25.7 Å². The average Bonchev–Trinajstić information content (AvgIpc) is 3.47. The minimum Gasteiger partial charge on any atom is -0.462 e. The van der Waals surface area contributed by atoms with Crippen molar-refractivity contribution < 1.29 is 80.2 Å². The highest BCUT2D eigenvalue weighted by atomic mass is 31.2. The largest absolute Gasteiger partial charge is 0.472 e. The Balaban J connectivity index is 5.06. The van der Waals surface area contributed by atoms with Crippen molar-refractivity contribution in [3.05, 3.63) is 0 Å². The predicted octanol–water partition coefficient (Wildman–Crippen LogP) is 17.9. The van der Waals surface area contributed by atoms with Crippen LogP contribution in [0.4, 0.5) is 0 Å². The van der Waals surface area contributed by atoms with E-state index < -0.39 is 97.5 Å². The van der Waals surface area contributed by atoms with Crippen LogP contribution in [-0.2, 0) is 65.4 Å². The van der Waals surface area contributed by atoms with Gasteiger partial charge >= 0.3 is 39.5 Å². The van der Waals surface area contributed by atoms with Gasteiger partial charge in [-0.2, -0.15) is 0 Å². The lowest BCUT2D eigenvalue weighted by molar-refractivity contribution is -0.161. The second-order valence-electron chi connectivity index (χ2n) is 23.2. The molecular formula is C64H124O17P2. The van der Waals surface area contributed by atoms with Crippen molar-refractivity contribution >= 4 is 39.5 Å². The van der Waals surface area contributed by atoms with Crippen molar-refractivity contribution in [3.63, 3.8) is 0 Å². The highest BCUT2D eigenvalue weighted by Gasteiger charge is 2.30. The number of rotatable bonds is 65. The van der Waals surface area contributed by atoms with Crippen molar-refractivity contribution in [1.82, 2.24) is 0 Å². The Labute approximate surface area is 505 Å². The Morgan fingerprint density at radius 3 is 0.735 bits per heavy atom. The Hall–Kier alpha value is -1.94. The summed E-state index contributed by atoms with van der Waals surface area (Å²) >= 11 is 0. The van der Waals surface area contributed by atoms with Crippen molar-refractivity contribution in [3.8, 4) is 0 Å². The lowest BCUT2D eigenvalue weighted by Crippen LogP contribution is -2.30. The summed E-state index contributed by atoms with van der Waals surface area (Å²) in [5, 5.41) is 10.5. The maximum Gasteiger partial charge on any atom is 0.472 e. The smallest absolute Gasteiger partial charge is 0.462 e. The van der Waals surface area contributed by atoms with Gasteiger partial charge in [-0.15, -0.1) is 0 Å². The molecule has 3 N–H and O–H groups in total. The zero-order valence-electron chi connectivity index (χ0n) is 53.2. The molecule has 0 saturated heterocycles. The average molecular weight is 1230 g/mol. The molecule has 0 aliphatic carbocycles. The van der Waals surface area contributed by atoms with Gasteiger partial charge in [0.15, 0.2) is 12.2 Å². The number of hydrogen-bond acceptors (Lipinski definition) is 15. The summed E-state index contributed by atoms with van der Waals surface area (Å²) in [7, 11) is -9.87. The molecule has 0 spiro atoms. The van der Waals surface area contributed by atoms with E-state index in [9.17, 15) is 43.2 Å². The van der Waals surface area contributed by atoms with Crippen LogP contribution in [0.3, 0.4) is 0 Å². The van der Waals surface area contributed by atoms with Crippen LogP contribution in [0.15, 0.2) is 0 Å². The Morgan fingerprint density at radius 2 is 0.482 bits per heavy atom. The summed E-state index contributed by atoms with van der Waals surface area (Å²) in [6, 6.07) is 0. The first kappa shape index (κ1) is 81.1. The van der Waals surface area contributed by atoms with Gasteiger partial charge in [-0.25, -0.2) is 9.13 Å². The molecule has 19 heteroatoms. The summed E-state index contributed by atoms with van der Waals surface area (Å²) in [6.45, 7) is 4.72. The number of carbonyl (C=O) groups excluding carboxylic acids is 4. The molecule has 0 aromatic carbocycles. The van der Waals surface area contributed by atoms with E-state index >= 15 is 0 Å². The first-order valence-electron chi connectivity index (χ1n) is 33.8. The van der Waals surface area contributed by atoms with Crippen molar-refractivity contribution in [2.75, 3.05) is 39.6 Å². The monoisotopic (exact) mass is 1230 g/mol. The van der Waals surface area contributed by atoms with Gasteiger partial charge in [0.25, 0.3) is 0 Å². The quantitative estimate of drug-likeness (QED) is 0.0222. The molecule has 0 aliphatic heterocycles. The third-order valence-electron chi connectivity index (χ3n) is 14.9. The number of esters is 4. The van der Waals surface area contributed by atoms with Gasteiger partial charge in [0.05, 0.1) is 26.4 Å². The number of phosphoric ester groups is 2. The number of hydrogen-bond donors (Lipinski definition) is 3. The van der Waals surface area contributed by atoms with Gasteiger partial charge in [-0.1, -0.05) is 278 Å². The first-order valence-corrected chi connectivity index (χ1v) is 36.8. The van der Waals surface area contributed by atoms with Crippen LogP contribution in [0.25, 0.3) is 0 Å². The van der Waals surface area contributed by atoms with Crippen LogP contribution < -0.4 is 0 Å². The highest BCUT2D eigenvalue weighted by molar-refractivity contribution is 7.47. The first-order chi connectivity index (χ1) is 40.2. The molecule has 0 amide bonds. The second-order valence-corrected chi connectivity index (χ2v) is 26.1. The molecular weight excluding hydrogens is 1100 g/mol. The molecule has 5 atom stereocenters. The van der Waals surface area contributed by atoms with Gasteiger partial charge < -0.3 is 33.8 Å². The molecule has 0 bridgehead atoms. The third-order valence-corrected chi connectivity index (χ3v) is 16.8. The van der Waals surface area contributed by atoms with Gasteiger partial charge in [0.2, 0.25) is 0 Å². The number of carbonyl (C=O) groups is 4. The van der Waals surface area contributed by atoms with Crippen LogP contribution >= 0.6 is 15.6 Å². The molecule has 2 unspecified atom stereocenters. The van der Waals surface area contributed by atoms with E-state index in [1.54, 1.807) is 0 Å². The maximum atomic E-state index is 12.9. The molecule has 17 nitrogen and oxygen atoms in total. The van der Waals surface area contributed by atoms with Crippen molar-refractivity contribution in [2.24, 2.45) is 0 Å². The summed E-state index contributed by atoms with van der Waals surface area (Å²) in [5.74, 6) is -2.15. The van der Waals surface area contributed by atoms with Crippen molar-refractivity contribution in [1.29, 1.82) is 0 Å². The van der Waals surface area contributed by atoms with E-state index in [4.69, 9.17) is 37.0 Å². The predicted molar refractivity (Wildman–Crippen MR) is 331 cm³/mol. The van der Waals surface area contributed by atoms with Crippen LogP contribution in [0.2, 0.25) is 0 Å². The van der Waals surface area contributed by atoms with Crippen LogP contribution in [0.5, 0.6) is 0 Å². The third kappa shape index (κ3) is 58.8. The molecule has 0 radical (unpaired) electrons. The second kappa shape index (κ2) is 59.0. The molecule has 0 saturated carbocycles. The summed E-state index contributed by atoms with van der Waals surface area (Å²) in [6.07, 6.45) is 45.2. The van der Waals surface area contributed by atoms with E-state index in [0.29, 0.717) is 25.7 Å². The molecule has 0 heterocycles. The number of aliphatic hydroxyl groups is 1. The van der Waals surface area contributed by atoms with Crippen LogP contribution in [0.1, 0.15) is 329 Å². The van der Waals surface area contributed by atoms with Gasteiger partial charge in [-0.05, 0) is 25.7 Å². The van der Waals surface area contributed by atoms with E-state index in [-0.39, 0.29) is 25.7 Å². The minimum absolute atomic E-state index is 0.107. The Morgan fingerprint density at radius 1 is 0.289 bits per heavy atom. The maximum absolute atomic E-state index is 12.9. The lowest BCUT2D eigenvalue weighted by atomic mass is 10.0. The van der Waals surface area contributed by atoms with E-state index in [1.165, 1.54) is 167 Å². The van der Waals surface area contributed by atoms with E-state index in [2.05, 4.69) is 20.8 Å². The summed E-state index contributed by atoms with van der Waals surface area (Å²) < 4.78 is 67.7. The Kier molecular flexibility index (Phi) is 57.7. The molecule has 0 rings (SSSR count). The fourth-order valence-electron chi connectivity index (χ4n) is 9.63. The topological polar surface area (TPSA) is 237 Å². The van der Waals surface area contributed by atoms with Gasteiger partial charge in [0.1, 0.15) is 19.3 Å². The lowest BCUT2D eigenvalue weighted by Gasteiger charge is -2.21. The van der Waals surface area contributed by atoms with E-state index in [1.807, 2.05) is 6.92 Å². The number of ether oxygens (including phenoxy) is 4. The van der Waals surface area contributed by atoms with E-state index in [0.717, 1.165) is 83.5 Å². The molecule has 0 aromatic heterocycles. The molecule has 0 aromatic rings. The minimum atomic E-state index is -4.94. The van der Waals surface area contributed by atoms with Crippen LogP contribution in [0, 0.1) is 0 Å². The van der Waals surface area contributed by atoms with Gasteiger partial charge in [-0.3, -0.25) is 37.3 Å². The van der Waals surface area contributed by atoms with Crippen molar-refractivity contribution in [2.45, 2.75) is 348 Å². The summed E-state index contributed by atoms with van der Waals surface area (Å²) in [5.41, 5.74) is 0. The zero-order chi connectivity index (χ0) is 61.2. The molecule has 83 heavy (non-hydrogen) atoms. The number of aliphatic hydroxyl groups excluding tert-OH is 1. The zero-order valence-corrected chi connectivity index (χ0v) is 54.9. The number of phosphoric acid groups is 2. The number of unbranched alkanes of at least 4 members (excludes halogenated alkanes) is 39. The van der Waals surface area contributed by atoms with Crippen LogP contribution in [-0.4, -0.2) is 96.7 Å². The Bertz CT molecular complexity index is 1600. The SMILES string of the molecule is CCCCCCCCCCCCCCCCCC(=O)O[C@H](COC(=O)CCCCC)COP(=O)(O)OC[C@H](O)COP(=O)(O)OC[C@@H](COC(=O)CCCCCCCCCCCC)OC(=O)CCCCCCCCCCCCCCCCC. The fraction of sp³-hybridized carbons (Fsp3) is 0.938. The standard InChI is InChI=1S/C64H124O17P2/c1-5-9-13-16-19-22-25-27-29-31-33-36-39-42-46-50-63(68)80-59(54-74-61(66)48-44-12-8-4)56-78-82(70,71)76-52-58(65)53-77-83(72,73)79-57-60(55-75-62(67)49-45-41-38-35-24-21-18-15-11-7-3)81-64(69)51-47-43-40-37-34-32-30-28-26-23-20-17-14-10-6-2/h58-60,65H,5-57H2,1-4H3,(H,70,71)(H,72,73)/t58-,59+,60+/m0/s1.